The van der Waals surface area contributed by atoms with E-state index in [1.807, 2.05) is 0 Å². The van der Waals surface area contributed by atoms with Crippen LogP contribution in [0, 0.1) is 0 Å². The standard InChI is InChI=1S/C13H23B2N3O6.C12H19B2N3O6.2C11H21N3O4.C11H10N2O10.C5H9NO3.4ClH.I2.V/c1-15(24)17-9(4-2-3-5-16-13(14)23)11(20)18-7-8(19)6-10(18)12(21)22;1-14(22)16-8(4-2-3-7-15-12(13)21)11(20)23-17-9(18)5-6-10(17)19;2*12-4-2-1-3-8(13)10(16)14-6-7(15)5-9(14)11(17)18;14-6-1-2-7(15)12(6)22-10(18)20-5-21-11(19)23-13-8(16)3-4-9(13)17;7-3-1-4(5(8)9)6-2-3;;;;;1-2;/h8-10,17,19,24H,2-7H2,1H3,(H,16,23)(H,21,22);8,16,22H,2-7H2,1H3,(H,15,21);2*7-9,15H,1-6,12-13H2,(H,17,18);1-5H2;3-4,6-7H,1-2H2,(H,8,9);4*1H;;/t8-,9-,10-;8-;2*7-,8-,9-;;3-,4-;;;;;;/m0000.0....../s1. The number of amides is 11. The summed E-state index contributed by atoms with van der Waals surface area (Å²) in [5, 5.41) is 106. The van der Waals surface area contributed by atoms with Gasteiger partial charge >= 0.3 is 56.3 Å². The summed E-state index contributed by atoms with van der Waals surface area (Å²) in [5.41, 5.74) is 22.2. The number of carbonyl (C=O) groups excluding carboxylic acids is 14. The van der Waals surface area contributed by atoms with E-state index in [-0.39, 0.29) is 156 Å². The zero-order valence-electron chi connectivity index (χ0n) is 66.3. The van der Waals surface area contributed by atoms with Gasteiger partial charge in [-0.05, 0) is 90.9 Å². The smallest absolute Gasteiger partial charge is 0.480 e. The molecule has 0 bridgehead atoms. The minimum atomic E-state index is -1.46. The number of imide groups is 3. The topological polar surface area (TPSA) is 739 Å². The molecule has 7 aliphatic rings. The Morgan fingerprint density at radius 3 is 1.05 bits per heavy atom. The monoisotopic (exact) mass is 2090 g/mol. The molecule has 7 rings (SSSR count). The zero-order chi connectivity index (χ0) is 88.9. The second-order valence-electron chi connectivity index (χ2n) is 26.8. The third-order valence-corrected chi connectivity index (χ3v) is 17.3. The van der Waals surface area contributed by atoms with E-state index in [0.717, 1.165) is 30.6 Å². The number of rotatable bonds is 35. The minimum Gasteiger partial charge on any atom is -0.480 e. The molecule has 0 spiro atoms. The molecule has 48 nitrogen and oxygen atoms in total. The molecule has 0 saturated carbocycles. The third-order valence-electron chi connectivity index (χ3n) is 17.3. The van der Waals surface area contributed by atoms with Crippen molar-refractivity contribution in [2.45, 2.75) is 228 Å². The Morgan fingerprint density at radius 1 is 0.467 bits per heavy atom. The van der Waals surface area contributed by atoms with Crippen molar-refractivity contribution in [1.82, 2.24) is 56.3 Å². The van der Waals surface area contributed by atoms with Gasteiger partial charge in [0.1, 0.15) is 30.2 Å². The van der Waals surface area contributed by atoms with Gasteiger partial charge in [0.25, 0.3) is 35.4 Å². The number of nitrogens with two attached hydrogens (primary N) is 4. The van der Waals surface area contributed by atoms with Crippen molar-refractivity contribution >= 4 is 224 Å². The van der Waals surface area contributed by atoms with Crippen LogP contribution in [0.25, 0.3) is 0 Å². The number of aliphatic hydroxyl groups excluding tert-OH is 4. The first-order valence-corrected chi connectivity index (χ1v) is 43.1. The van der Waals surface area contributed by atoms with Crippen molar-refractivity contribution in [1.29, 1.82) is 0 Å². The van der Waals surface area contributed by atoms with Crippen LogP contribution in [0.2, 0.25) is 13.6 Å². The molecule has 7 saturated heterocycles. The molecule has 0 aromatic rings. The Hall–Kier alpha value is -6.40. The van der Waals surface area contributed by atoms with Crippen LogP contribution < -0.4 is 49.3 Å². The van der Waals surface area contributed by atoms with E-state index in [0.29, 0.717) is 95.6 Å². The molecule has 7 aliphatic heterocycles. The number of aliphatic carboxylic acids is 4. The maximum Gasteiger partial charge on any atom is 0.536 e. The van der Waals surface area contributed by atoms with Crippen molar-refractivity contribution < 1.29 is 180 Å². The number of carboxylic acids is 4. The molecule has 59 heteroatoms. The zero-order valence-corrected chi connectivity index (χ0v) is 75.3. The van der Waals surface area contributed by atoms with Gasteiger partial charge in [0.2, 0.25) is 24.5 Å². The van der Waals surface area contributed by atoms with Gasteiger partial charge in [-0.2, -0.15) is 0 Å². The molecule has 0 aliphatic carbocycles. The summed E-state index contributed by atoms with van der Waals surface area (Å²) in [6, 6.07) is -6.63. The second kappa shape index (κ2) is 67.0. The molecular weight excluding hydrogens is 1980 g/mol. The molecule has 691 valence electrons. The number of aliphatic hydroxyl groups is 4. The molecule has 122 heavy (non-hydrogen) atoms. The SMILES string of the molecule is Cl.Cl.Cl.Cl.II.NCCCC[C@H](N)C(=O)N1C[C@@H](O)C[C@H]1C(=O)O.NCCCC[C@H](N)C(=O)N1C[C@@H](O)C[C@H]1C(=O)O.O=C(O)[C@@H]1C[C@H](O)CN1.O=C(OCOC(=O)ON1C(=O)CCC1=O)ON1C(=O)CCC1=O.[B]C(=O)NCCCC[C@H](NB(C)O)C(=O)N1C[C@@H](O)C[C@H]1C(=O)O.[B]C(=O)NCCCC[C@H](NB(C)O)C(=O)ON1C(=O)CCC1=O.[V]. The van der Waals surface area contributed by atoms with Crippen LogP contribution in [0.1, 0.15) is 141 Å². The molecule has 0 aromatic carbocycles. The summed E-state index contributed by atoms with van der Waals surface area (Å²) in [7, 11) is 7.96. The average molecular weight is 2090 g/mol. The number of nitrogens with zero attached hydrogens (tertiary/aromatic N) is 6. The number of carbonyl (C=O) groups is 18. The number of likely N-dealkylation sites (tertiary alicyclic amines) is 3. The summed E-state index contributed by atoms with van der Waals surface area (Å²) < 4.78 is 8.54. The number of carboxylic acid groups (broad SMARTS) is 4. The molecule has 12 atom stereocenters. The Labute approximate surface area is 764 Å². The number of halogens is 6. The molecule has 11 amide bonds. The Kier molecular flexibility index (Phi) is 68.1. The second-order valence-corrected chi connectivity index (χ2v) is 26.8. The van der Waals surface area contributed by atoms with E-state index in [9.17, 15) is 117 Å². The van der Waals surface area contributed by atoms with Gasteiger partial charge < -0.3 is 129 Å². The molecule has 23 N–H and O–H groups in total. The van der Waals surface area contributed by atoms with Gasteiger partial charge in [0.05, 0.1) is 42.5 Å². The predicted octanol–water partition coefficient (Wildman–Crippen LogP) is -4.53. The van der Waals surface area contributed by atoms with Gasteiger partial charge in [-0.3, -0.25) is 67.2 Å². The largest absolute Gasteiger partial charge is 0.536 e. The fourth-order valence-electron chi connectivity index (χ4n) is 11.6. The van der Waals surface area contributed by atoms with Crippen LogP contribution in [-0.4, -0.2) is 349 Å². The van der Waals surface area contributed by atoms with Crippen LogP contribution >= 0.6 is 86.9 Å². The normalized spacial score (nSPS) is 20.5. The van der Waals surface area contributed by atoms with Gasteiger partial charge in [-0.15, -0.1) is 54.7 Å². The van der Waals surface area contributed by atoms with Crippen molar-refractivity contribution in [3.63, 3.8) is 0 Å². The maximum absolute atomic E-state index is 12.6. The molecule has 5 radical (unpaired) electrons. The van der Waals surface area contributed by atoms with Gasteiger partial charge in [-0.25, -0.2) is 28.8 Å². The Balaban J connectivity index is -0.000000450. The number of hydrogen-bond acceptors (Lipinski definition) is 36. The van der Waals surface area contributed by atoms with Crippen LogP contribution in [0.4, 0.5) is 19.2 Å². The van der Waals surface area contributed by atoms with Crippen LogP contribution in [0.3, 0.4) is 0 Å². The summed E-state index contributed by atoms with van der Waals surface area (Å²) in [6.45, 7) is 4.16. The van der Waals surface area contributed by atoms with E-state index in [2.05, 4.69) is 82.8 Å². The van der Waals surface area contributed by atoms with E-state index in [4.69, 9.17) is 63.9 Å². The van der Waals surface area contributed by atoms with Gasteiger partial charge in [0, 0.05) is 159 Å². The predicted molar refractivity (Wildman–Crippen MR) is 447 cm³/mol. The molecule has 7 fully saturated rings. The van der Waals surface area contributed by atoms with E-state index in [1.54, 1.807) is 0 Å². The molecule has 0 aromatic heterocycles. The quantitative estimate of drug-likeness (QED) is 0.00710. The van der Waals surface area contributed by atoms with Crippen molar-refractivity contribution in [3.05, 3.63) is 0 Å². The first-order valence-electron chi connectivity index (χ1n) is 36.8. The number of β-amino-alcohol motifs (C(OH)–C–C–N with tert-alkyl or cyclic N) is 4. The van der Waals surface area contributed by atoms with Gasteiger partial charge in [-0.1, -0.05) is 23.0 Å². The Bertz CT molecular complexity index is 3210. The van der Waals surface area contributed by atoms with Crippen LogP contribution in [0.5, 0.6) is 0 Å². The number of nitrogens with one attached hydrogen (secondary N) is 5. The fourth-order valence-corrected chi connectivity index (χ4v) is 11.6. The number of hydrogen-bond donors (Lipinski definition) is 19. The number of unbranched alkanes of at least 4 members (excludes halogenated alkanes) is 4. The van der Waals surface area contributed by atoms with Crippen molar-refractivity contribution in [3.8, 4) is 0 Å². The summed E-state index contributed by atoms with van der Waals surface area (Å²) in [4.78, 5) is 220. The van der Waals surface area contributed by atoms with Crippen molar-refractivity contribution in [2.75, 3.05) is 59.2 Å². The maximum atomic E-state index is 12.6. The van der Waals surface area contributed by atoms with E-state index >= 15 is 0 Å². The third kappa shape index (κ3) is 47.8. The molecule has 0 unspecified atom stereocenters. The van der Waals surface area contributed by atoms with E-state index in [1.165, 1.54) is 23.4 Å². The number of ether oxygens (including phenoxy) is 2. The molecule has 7 heterocycles. The van der Waals surface area contributed by atoms with E-state index < -0.39 is 201 Å². The summed E-state index contributed by atoms with van der Waals surface area (Å²) in [5.74, 6) is -11.6. The summed E-state index contributed by atoms with van der Waals surface area (Å²) >= 11 is 4.24. The van der Waals surface area contributed by atoms with Crippen molar-refractivity contribution in [2.24, 2.45) is 22.9 Å². The Morgan fingerprint density at radius 2 is 0.770 bits per heavy atom. The van der Waals surface area contributed by atoms with Crippen LogP contribution in [-0.2, 0) is 110 Å². The average Bonchev–Trinajstić information content (AvgIpc) is 1.69. The fraction of sp³-hybridized carbons (Fsp3) is 0.714. The number of hydroxylamine groups is 6. The first kappa shape index (κ1) is 124. The van der Waals surface area contributed by atoms with Crippen LogP contribution in [0.15, 0.2) is 0 Å². The molecular formula is C63H107B4Cl4I2N15O33V. The van der Waals surface area contributed by atoms with Gasteiger partial charge in [0.15, 0.2) is 27.3 Å². The first-order chi connectivity index (χ1) is 55.0. The minimum absolute atomic E-state index is 0. The summed E-state index contributed by atoms with van der Waals surface area (Å²) in [6.07, 6.45) is 1.14.